The molecular formula is C35H62F4K2N10O13. The van der Waals surface area contributed by atoms with Crippen LogP contribution in [0.15, 0.2) is 15.3 Å². The zero-order valence-electron chi connectivity index (χ0n) is 38.0. The van der Waals surface area contributed by atoms with Crippen molar-refractivity contribution in [1.82, 2.24) is 25.8 Å². The molecule has 3 aliphatic rings. The van der Waals surface area contributed by atoms with Gasteiger partial charge >= 0.3 is 87.0 Å². The van der Waals surface area contributed by atoms with Crippen molar-refractivity contribution in [2.24, 2.45) is 26.9 Å². The van der Waals surface area contributed by atoms with E-state index in [-0.39, 0.29) is 69.3 Å². The number of Topliss-reactive ketones (excluding diaryl/α,β-unsaturated/α-hetero) is 1. The van der Waals surface area contributed by atoms with E-state index in [1.54, 1.807) is 20.8 Å². The van der Waals surface area contributed by atoms with E-state index in [0.29, 0.717) is 11.6 Å². The topological polar surface area (TPSA) is 324 Å². The van der Waals surface area contributed by atoms with E-state index in [0.717, 1.165) is 16.9 Å². The van der Waals surface area contributed by atoms with Crippen LogP contribution in [0.5, 0.6) is 0 Å². The van der Waals surface area contributed by atoms with Crippen molar-refractivity contribution in [2.45, 2.75) is 94.4 Å². The Morgan fingerprint density at radius 3 is 1.31 bits per heavy atom. The third-order valence-electron chi connectivity index (χ3n) is 6.19. The number of nitrogens with one attached hydrogen (secondary N) is 2. The number of ketones is 1. The van der Waals surface area contributed by atoms with Gasteiger partial charge in [-0.15, -0.1) is 0 Å². The van der Waals surface area contributed by atoms with Crippen molar-refractivity contribution in [3.63, 3.8) is 0 Å². The van der Waals surface area contributed by atoms with E-state index in [1.807, 2.05) is 13.8 Å². The summed E-state index contributed by atoms with van der Waals surface area (Å²) in [6.07, 6.45) is -7.29. The molecule has 4 atom stereocenters. The third-order valence-corrected chi connectivity index (χ3v) is 6.19. The predicted octanol–water partition coefficient (Wildman–Crippen LogP) is -1.01. The summed E-state index contributed by atoms with van der Waals surface area (Å²) in [7, 11) is 2.94. The Balaban J connectivity index is -0.000000160. The quantitative estimate of drug-likeness (QED) is 0.0281. The molecule has 3 heterocycles. The number of carbonyl (C=O) groups excluding carboxylic acids is 8. The second-order valence-corrected chi connectivity index (χ2v) is 10.8. The number of hydrazone groups is 3. The van der Waals surface area contributed by atoms with Crippen LogP contribution in [0.25, 0.3) is 0 Å². The summed E-state index contributed by atoms with van der Waals surface area (Å²) in [6.45, 7) is 13.7. The standard InChI is InChI=1S/C8H11FN2O3.C7H10FN3O2.C6H7FN2O3.C6H9FO3.C4H10N2O2.C2H6.CH5N.CH4.2K/c1-3-14-6(12)4-11-8(13)7(9)5(2)10-11;1-4-6(8)7(13)11(10-4)3-5(12)9-2;1-3-5(7)6(12)9(8-3)2-4(10)11;1-3-10-6(9)5(7)4(2)8;1-2-8-4(7)3-6-5;2*1-2;;;/h7H,3-4H2,1-2H3;6H,3H2,1-2H3,(H,9,12);5H,2H2,1H3,(H,10,11);5H,3H2,1-2H3;6H,2-3,5H2,1H3;1-2H3;2H2,1H3;1H4;;. The van der Waals surface area contributed by atoms with Crippen LogP contribution in [0.2, 0.25) is 0 Å². The summed E-state index contributed by atoms with van der Waals surface area (Å²) in [6, 6.07) is 0. The van der Waals surface area contributed by atoms with Gasteiger partial charge in [0.25, 0.3) is 23.9 Å². The number of amides is 4. The molecule has 4 unspecified atom stereocenters. The van der Waals surface area contributed by atoms with Crippen LogP contribution in [-0.2, 0) is 57.4 Å². The Labute approximate surface area is 415 Å². The summed E-state index contributed by atoms with van der Waals surface area (Å²) in [5.41, 5.74) is 6.84. The van der Waals surface area contributed by atoms with E-state index in [2.05, 4.69) is 46.0 Å². The van der Waals surface area contributed by atoms with Crippen LogP contribution in [0.1, 0.15) is 69.7 Å². The van der Waals surface area contributed by atoms with Gasteiger partial charge in [-0.25, -0.2) is 42.8 Å². The molecule has 0 bridgehead atoms. The first-order valence-electron chi connectivity index (χ1n) is 19.1. The Kier molecular flexibility index (Phi) is 50.3. The number of likely N-dealkylation sites (N-methyl/N-ethyl adjacent to an activating group) is 1. The second-order valence-electron chi connectivity index (χ2n) is 10.8. The number of nitrogens with zero attached hydrogens (tertiary/aromatic N) is 6. The number of aliphatic carboxylic acids is 1. The molecule has 0 aromatic heterocycles. The fraction of sp³-hybridized carbons (Fsp3) is 0.657. The normalized spacial score (nSPS) is 16.6. The fourth-order valence-electron chi connectivity index (χ4n) is 3.49. The average Bonchev–Trinajstić information content (AvgIpc) is 3.75. The molecule has 0 radical (unpaired) electrons. The van der Waals surface area contributed by atoms with Crippen molar-refractivity contribution >= 4 is 134 Å². The molecule has 4 amide bonds. The van der Waals surface area contributed by atoms with Crippen LogP contribution in [0.3, 0.4) is 0 Å². The molecule has 0 aliphatic carbocycles. The van der Waals surface area contributed by atoms with Gasteiger partial charge in [0.05, 0.1) is 37.0 Å². The van der Waals surface area contributed by atoms with Gasteiger partial charge in [-0.05, 0) is 55.5 Å². The first-order valence-corrected chi connectivity index (χ1v) is 35.1. The Morgan fingerprint density at radius 2 is 1.05 bits per heavy atom. The molecule has 0 spiro atoms. The van der Waals surface area contributed by atoms with Gasteiger partial charge < -0.3 is 30.4 Å². The van der Waals surface area contributed by atoms with Crippen molar-refractivity contribution < 1.29 is 80.0 Å². The number of nitrogens with two attached hydrogens (primary N) is 2. The summed E-state index contributed by atoms with van der Waals surface area (Å²) >= 11 is 2.50. The number of carbonyl (C=O) groups is 9. The van der Waals surface area contributed by atoms with Gasteiger partial charge in [0.2, 0.25) is 24.4 Å². The van der Waals surface area contributed by atoms with E-state index in [1.165, 1.54) is 98.0 Å². The van der Waals surface area contributed by atoms with Crippen LogP contribution in [0.4, 0.5) is 17.6 Å². The summed E-state index contributed by atoms with van der Waals surface area (Å²) in [5, 5.41) is 23.5. The predicted molar refractivity (Wildman–Crippen MR) is 228 cm³/mol. The molecule has 0 saturated heterocycles. The number of halogens is 4. The van der Waals surface area contributed by atoms with Crippen LogP contribution in [0, 0.1) is 0 Å². The minimum absolute atomic E-state index is 0. The molecule has 360 valence electrons. The number of hydrogen-bond acceptors (Lipinski definition) is 18. The molecule has 3 rings (SSSR count). The van der Waals surface area contributed by atoms with E-state index in [9.17, 15) is 60.7 Å². The van der Waals surface area contributed by atoms with Gasteiger partial charge in [-0.1, -0.05) is 21.3 Å². The number of esters is 3. The van der Waals surface area contributed by atoms with Crippen molar-refractivity contribution in [3.8, 4) is 0 Å². The number of alkyl halides is 4. The van der Waals surface area contributed by atoms with Gasteiger partial charge in [0, 0.05) is 7.05 Å². The average molecular weight is 985 g/mol. The molecule has 23 nitrogen and oxygen atoms in total. The molecule has 7 N–H and O–H groups in total. The number of ether oxygens (including phenoxy) is 3. The maximum atomic E-state index is 12.9. The molecule has 3 aliphatic heterocycles. The van der Waals surface area contributed by atoms with Gasteiger partial charge in [-0.2, -0.15) is 15.3 Å². The van der Waals surface area contributed by atoms with Crippen molar-refractivity contribution in [1.29, 1.82) is 0 Å². The zero-order chi connectivity index (χ0) is 50.6. The Hall–Kier alpha value is -2.69. The first kappa shape index (κ1) is 72.9. The molecule has 64 heavy (non-hydrogen) atoms. The molecule has 29 heteroatoms. The Bertz CT molecular complexity index is 1560. The van der Waals surface area contributed by atoms with Gasteiger partial charge in [-0.3, -0.25) is 44.2 Å². The molecule has 0 fully saturated rings. The number of hydrazine groups is 1. The minimum atomic E-state index is -2.11. The van der Waals surface area contributed by atoms with E-state index in [4.69, 9.17) is 10.9 Å². The molecule has 0 saturated carbocycles. The van der Waals surface area contributed by atoms with Gasteiger partial charge in [0.15, 0.2) is 5.78 Å². The van der Waals surface area contributed by atoms with Crippen LogP contribution in [-0.4, -0.2) is 238 Å². The summed E-state index contributed by atoms with van der Waals surface area (Å²) in [4.78, 5) is 95.7. The number of rotatable bonds is 13. The summed E-state index contributed by atoms with van der Waals surface area (Å²) in [5.74, 6) is -2.11. The SMILES string of the molecule is C.CC.CC1=NN(CC(=O)O)C(=O)C1F.CCOC(=O)C(F)C(C)=O.CCOC(=O)CN1N=C(C)C(F)C1=O.CCOC(=O)CNN.CN.CNC(=O)CN1N=C(C)C(F)C1=O.[K][K]. The number of carboxylic acids is 1. The second kappa shape index (κ2) is 44.2. The summed E-state index contributed by atoms with van der Waals surface area (Å²) < 4.78 is 64.1. The van der Waals surface area contributed by atoms with E-state index < -0.39 is 72.6 Å². The van der Waals surface area contributed by atoms with Gasteiger partial charge in [0.1, 0.15) is 26.2 Å². The van der Waals surface area contributed by atoms with Crippen LogP contribution >= 0.6 is 0 Å². The Morgan fingerprint density at radius 1 is 0.719 bits per heavy atom. The molecular weight excluding hydrogens is 923 g/mol. The van der Waals surface area contributed by atoms with Crippen molar-refractivity contribution in [2.75, 3.05) is 60.1 Å². The molecule has 0 aromatic rings. The number of hydrogen-bond donors (Lipinski definition) is 5. The zero-order valence-corrected chi connectivity index (χ0v) is 44.2. The molecule has 0 aromatic carbocycles. The maximum absolute atomic E-state index is 12.9. The first-order chi connectivity index (χ1) is 29.5. The monoisotopic (exact) mass is 984 g/mol. The number of carboxylic acid groups (broad SMARTS) is 1. The van der Waals surface area contributed by atoms with Crippen molar-refractivity contribution in [3.05, 3.63) is 0 Å². The fourth-order valence-corrected chi connectivity index (χ4v) is 3.49. The van der Waals surface area contributed by atoms with E-state index >= 15 is 0 Å². The van der Waals surface area contributed by atoms with Crippen LogP contribution < -0.4 is 22.3 Å². The third kappa shape index (κ3) is 32.1.